The van der Waals surface area contributed by atoms with Crippen LogP contribution in [0, 0.1) is 5.21 Å². The van der Waals surface area contributed by atoms with Crippen LogP contribution in [0.25, 0.3) is 0 Å². The van der Waals surface area contributed by atoms with Crippen molar-refractivity contribution < 1.29 is 15.1 Å². The van der Waals surface area contributed by atoms with Crippen molar-refractivity contribution in [3.63, 3.8) is 0 Å². The first-order chi connectivity index (χ1) is 7.76. The van der Waals surface area contributed by atoms with Crippen LogP contribution in [-0.4, -0.2) is 0 Å². The summed E-state index contributed by atoms with van der Waals surface area (Å²) in [6.45, 7) is 3.63. The van der Waals surface area contributed by atoms with E-state index in [2.05, 4.69) is 0 Å². The number of para-hydroxylation sites is 1. The number of allylic oxidation sites excluding steroid dienone is 3. The molecule has 4 heteroatoms. The minimum Gasteiger partial charge on any atom is -0.547 e. The van der Waals surface area contributed by atoms with E-state index < -0.39 is 5.39 Å². The first kappa shape index (κ1) is 12.3. The third kappa shape index (κ3) is 4.16. The van der Waals surface area contributed by atoms with E-state index in [0.29, 0.717) is 11.5 Å². The van der Waals surface area contributed by atoms with Gasteiger partial charge < -0.3 is 5.21 Å². The highest BCUT2D eigenvalue weighted by Gasteiger charge is 2.03. The van der Waals surface area contributed by atoms with Crippen LogP contribution in [-0.2, 0) is 4.84 Å². The van der Waals surface area contributed by atoms with Gasteiger partial charge in [-0.1, -0.05) is 24.3 Å². The molecule has 16 heavy (non-hydrogen) atoms. The van der Waals surface area contributed by atoms with Gasteiger partial charge in [-0.05, 0) is 38.1 Å². The lowest BCUT2D eigenvalue weighted by molar-refractivity contribution is -1.18. The quantitative estimate of drug-likeness (QED) is 0.468. The van der Waals surface area contributed by atoms with Crippen LogP contribution in [0.15, 0.2) is 54.3 Å². The van der Waals surface area contributed by atoms with Crippen LogP contribution < -0.4 is 10.2 Å². The largest absolute Gasteiger partial charge is 0.547 e. The van der Waals surface area contributed by atoms with Crippen molar-refractivity contribution in [2.24, 2.45) is 0 Å². The minimum absolute atomic E-state index is 0.462. The Morgan fingerprint density at radius 3 is 2.50 bits per heavy atom. The van der Waals surface area contributed by atoms with E-state index in [1.54, 1.807) is 49.4 Å². The molecule has 0 amide bonds. The van der Waals surface area contributed by atoms with Gasteiger partial charge in [0.25, 0.3) is 0 Å². The molecule has 1 aromatic carbocycles. The van der Waals surface area contributed by atoms with Gasteiger partial charge in [0, 0.05) is 5.39 Å². The van der Waals surface area contributed by atoms with Crippen molar-refractivity contribution in [2.45, 2.75) is 13.8 Å². The zero-order chi connectivity index (χ0) is 11.8. The van der Waals surface area contributed by atoms with Gasteiger partial charge in [-0.2, -0.15) is 0 Å². The lowest BCUT2D eigenvalue weighted by atomic mass is 10.3. The van der Waals surface area contributed by atoms with Gasteiger partial charge in [0.05, 0.1) is 0 Å². The van der Waals surface area contributed by atoms with Crippen LogP contribution in [0.5, 0.6) is 5.75 Å². The average molecular weight is 221 g/mol. The highest BCUT2D eigenvalue weighted by Crippen LogP contribution is 2.05. The summed E-state index contributed by atoms with van der Waals surface area (Å²) in [5.41, 5.74) is 0. The van der Waals surface area contributed by atoms with Crippen LogP contribution >= 0.6 is 0 Å². The number of benzene rings is 1. The van der Waals surface area contributed by atoms with E-state index in [0.717, 1.165) is 0 Å². The van der Waals surface area contributed by atoms with Gasteiger partial charge in [0.15, 0.2) is 11.5 Å². The van der Waals surface area contributed by atoms with Gasteiger partial charge in [-0.25, -0.2) is 0 Å². The molecule has 0 heterocycles. The highest BCUT2D eigenvalue weighted by molar-refractivity contribution is 5.19. The molecule has 0 aliphatic carbocycles. The van der Waals surface area contributed by atoms with E-state index in [4.69, 9.17) is 9.68 Å². The zero-order valence-electron chi connectivity index (χ0n) is 9.34. The molecule has 86 valence electrons. The third-order valence-electron chi connectivity index (χ3n) is 1.76. The first-order valence-electron chi connectivity index (χ1n) is 5.00. The Kier molecular flexibility index (Phi) is 5.11. The molecule has 0 aliphatic heterocycles. The van der Waals surface area contributed by atoms with E-state index in [1.807, 2.05) is 13.0 Å². The topological polar surface area (TPSA) is 46.0 Å². The standard InChI is InChI=1S/C12H15NO3/c1-3-8-11(4-2)15-13(14)16-12-9-6-5-7-10-12/h3-10,13H,1-2H3/b8-3-,11-4+. The SMILES string of the molecule is C/C=C\C(=C/C)O[NH+]([O-])Oc1ccccc1. The van der Waals surface area contributed by atoms with Crippen molar-refractivity contribution in [2.75, 3.05) is 0 Å². The summed E-state index contributed by atoms with van der Waals surface area (Å²) >= 11 is 0. The number of nitrogens with one attached hydrogen (secondary N) is 1. The fourth-order valence-corrected chi connectivity index (χ4v) is 1.06. The molecular weight excluding hydrogens is 206 g/mol. The molecule has 0 aliphatic rings. The molecule has 0 saturated carbocycles. The molecule has 0 radical (unpaired) electrons. The van der Waals surface area contributed by atoms with E-state index >= 15 is 0 Å². The van der Waals surface area contributed by atoms with Gasteiger partial charge >= 0.3 is 0 Å². The minimum atomic E-state index is -0.739. The summed E-state index contributed by atoms with van der Waals surface area (Å²) in [6, 6.07) is 8.78. The van der Waals surface area contributed by atoms with Gasteiger partial charge in [-0.15, -0.1) is 0 Å². The average Bonchev–Trinajstić information content (AvgIpc) is 2.29. The van der Waals surface area contributed by atoms with Crippen molar-refractivity contribution in [3.05, 3.63) is 59.5 Å². The van der Waals surface area contributed by atoms with Crippen LogP contribution in [0.1, 0.15) is 13.8 Å². The maximum atomic E-state index is 11.3. The monoisotopic (exact) mass is 221 g/mol. The summed E-state index contributed by atoms with van der Waals surface area (Å²) < 4.78 is 0. The van der Waals surface area contributed by atoms with Crippen molar-refractivity contribution in [1.29, 1.82) is 0 Å². The highest BCUT2D eigenvalue weighted by atomic mass is 17.1. The molecule has 1 N–H and O–H groups in total. The summed E-state index contributed by atoms with van der Waals surface area (Å²) in [7, 11) is 0. The Bertz CT molecular complexity index is 360. The normalized spacial score (nSPS) is 13.8. The van der Waals surface area contributed by atoms with Crippen LogP contribution in [0.3, 0.4) is 0 Å². The molecule has 1 atom stereocenters. The molecule has 0 bridgehead atoms. The maximum absolute atomic E-state index is 11.3. The fraction of sp³-hybridized carbons (Fsp3) is 0.167. The summed E-state index contributed by atoms with van der Waals surface area (Å²) in [5.74, 6) is 0.923. The predicted molar refractivity (Wildman–Crippen MR) is 61.1 cm³/mol. The van der Waals surface area contributed by atoms with Gasteiger partial charge in [0.2, 0.25) is 0 Å². The number of hydrogen-bond acceptors (Lipinski definition) is 3. The Labute approximate surface area is 94.9 Å². The van der Waals surface area contributed by atoms with E-state index in [1.165, 1.54) is 0 Å². The second kappa shape index (κ2) is 6.66. The molecule has 0 spiro atoms. The summed E-state index contributed by atoms with van der Waals surface area (Å²) in [5, 5.41) is 10.6. The Balaban J connectivity index is 2.50. The molecule has 1 rings (SSSR count). The number of hydrogen-bond donors (Lipinski definition) is 1. The Hall–Kier alpha value is -1.78. The summed E-state index contributed by atoms with van der Waals surface area (Å²) in [4.78, 5) is 9.91. The number of quaternary nitrogens is 1. The number of rotatable bonds is 5. The van der Waals surface area contributed by atoms with E-state index in [9.17, 15) is 5.21 Å². The molecule has 0 saturated heterocycles. The van der Waals surface area contributed by atoms with Crippen LogP contribution in [0.2, 0.25) is 0 Å². The molecule has 0 aromatic heterocycles. The molecular formula is C12H15NO3. The van der Waals surface area contributed by atoms with Gasteiger partial charge in [0.1, 0.15) is 0 Å². The lowest BCUT2D eigenvalue weighted by Gasteiger charge is -2.18. The van der Waals surface area contributed by atoms with Crippen molar-refractivity contribution in [1.82, 2.24) is 0 Å². The first-order valence-corrected chi connectivity index (χ1v) is 5.00. The smallest absolute Gasteiger partial charge is 0.196 e. The molecule has 4 nitrogen and oxygen atoms in total. The van der Waals surface area contributed by atoms with Crippen molar-refractivity contribution >= 4 is 0 Å². The fourth-order valence-electron chi connectivity index (χ4n) is 1.06. The maximum Gasteiger partial charge on any atom is 0.196 e. The summed E-state index contributed by atoms with van der Waals surface area (Å²) in [6.07, 6.45) is 5.16. The Morgan fingerprint density at radius 1 is 1.25 bits per heavy atom. The molecule has 1 aromatic rings. The van der Waals surface area contributed by atoms with E-state index in [-0.39, 0.29) is 0 Å². The second-order valence-electron chi connectivity index (χ2n) is 2.96. The van der Waals surface area contributed by atoms with Crippen LogP contribution in [0.4, 0.5) is 0 Å². The van der Waals surface area contributed by atoms with Crippen molar-refractivity contribution in [3.8, 4) is 5.75 Å². The Morgan fingerprint density at radius 2 is 1.94 bits per heavy atom. The second-order valence-corrected chi connectivity index (χ2v) is 2.96. The third-order valence-corrected chi connectivity index (χ3v) is 1.76. The molecule has 1 unspecified atom stereocenters. The molecule has 0 fully saturated rings. The predicted octanol–water partition coefficient (Wildman–Crippen LogP) is 1.77. The lowest BCUT2D eigenvalue weighted by Crippen LogP contribution is -3.08. The van der Waals surface area contributed by atoms with Gasteiger partial charge in [-0.3, -0.25) is 9.68 Å². The zero-order valence-corrected chi connectivity index (χ0v) is 9.34.